The Hall–Kier alpha value is 0.0500. The molecule has 0 bridgehead atoms. The molecular weight excluding hydrogens is 360 g/mol. The Morgan fingerprint density at radius 1 is 1.50 bits per heavy atom. The summed E-state index contributed by atoms with van der Waals surface area (Å²) in [6.07, 6.45) is 2.01. The minimum absolute atomic E-state index is 0.0572. The Balaban J connectivity index is 2.30. The number of rotatable bonds is 4. The van der Waals surface area contributed by atoms with Crippen LogP contribution in [0, 0.1) is 5.41 Å². The second-order valence-electron chi connectivity index (χ2n) is 5.99. The molecule has 0 spiro atoms. The topological polar surface area (TPSA) is 49.4 Å². The van der Waals surface area contributed by atoms with Crippen LogP contribution in [0.5, 0.6) is 0 Å². The highest BCUT2D eigenvalue weighted by atomic mass is 79.9. The van der Waals surface area contributed by atoms with Crippen LogP contribution in [0.4, 0.5) is 0 Å². The van der Waals surface area contributed by atoms with Crippen LogP contribution in [0.1, 0.15) is 31.6 Å². The lowest BCUT2D eigenvalue weighted by Crippen LogP contribution is -2.43. The zero-order valence-electron chi connectivity index (χ0n) is 12.1. The van der Waals surface area contributed by atoms with Gasteiger partial charge in [-0.25, -0.2) is 8.42 Å². The van der Waals surface area contributed by atoms with Gasteiger partial charge in [0.2, 0.25) is 10.0 Å². The first kappa shape index (κ1) is 16.4. The minimum Gasteiger partial charge on any atom is -0.315 e. The minimum atomic E-state index is -3.39. The molecule has 4 nitrogen and oxygen atoms in total. The molecule has 0 unspecified atom stereocenters. The molecule has 1 aromatic rings. The van der Waals surface area contributed by atoms with Gasteiger partial charge in [-0.3, -0.25) is 0 Å². The number of hydrogen-bond acceptors (Lipinski definition) is 4. The lowest BCUT2D eigenvalue weighted by molar-refractivity contribution is 0.187. The Labute approximate surface area is 133 Å². The summed E-state index contributed by atoms with van der Waals surface area (Å²) in [6, 6.07) is 1.78. The molecule has 114 valence electrons. The van der Waals surface area contributed by atoms with Crippen molar-refractivity contribution >= 4 is 37.3 Å². The third-order valence-electron chi connectivity index (χ3n) is 3.54. The van der Waals surface area contributed by atoms with Crippen molar-refractivity contribution < 1.29 is 8.42 Å². The molecule has 7 heteroatoms. The van der Waals surface area contributed by atoms with E-state index in [9.17, 15) is 8.42 Å². The summed E-state index contributed by atoms with van der Waals surface area (Å²) in [6.45, 7) is 6.16. The van der Waals surface area contributed by atoms with Crippen LogP contribution in [-0.2, 0) is 16.6 Å². The number of nitrogens with one attached hydrogen (secondary N) is 1. The van der Waals surface area contributed by atoms with Gasteiger partial charge in [0.15, 0.2) is 0 Å². The Bertz CT molecular complexity index is 581. The second-order valence-corrected chi connectivity index (χ2v) is 10.3. The summed E-state index contributed by atoms with van der Waals surface area (Å²) in [5.74, 6) is 0. The highest BCUT2D eigenvalue weighted by Gasteiger charge is 2.35. The fourth-order valence-corrected chi connectivity index (χ4v) is 6.86. The van der Waals surface area contributed by atoms with E-state index in [1.165, 1.54) is 11.3 Å². The van der Waals surface area contributed by atoms with Gasteiger partial charge in [0.1, 0.15) is 4.90 Å². The van der Waals surface area contributed by atoms with Crippen molar-refractivity contribution in [3.63, 3.8) is 0 Å². The van der Waals surface area contributed by atoms with Crippen molar-refractivity contribution in [1.82, 2.24) is 9.62 Å². The van der Waals surface area contributed by atoms with Crippen molar-refractivity contribution in [2.75, 3.05) is 20.1 Å². The second kappa shape index (κ2) is 6.04. The molecule has 1 saturated heterocycles. The molecule has 1 fully saturated rings. The summed E-state index contributed by atoms with van der Waals surface area (Å²) >= 11 is 4.88. The smallest absolute Gasteiger partial charge is 0.245 e. The quantitative estimate of drug-likeness (QED) is 0.872. The first-order chi connectivity index (χ1) is 9.26. The summed E-state index contributed by atoms with van der Waals surface area (Å²) < 4.78 is 27.9. The van der Waals surface area contributed by atoms with Crippen LogP contribution in [0.2, 0.25) is 0 Å². The van der Waals surface area contributed by atoms with Gasteiger partial charge < -0.3 is 5.32 Å². The summed E-state index contributed by atoms with van der Waals surface area (Å²) in [7, 11) is -1.54. The van der Waals surface area contributed by atoms with E-state index in [4.69, 9.17) is 0 Å². The van der Waals surface area contributed by atoms with Crippen molar-refractivity contribution in [3.05, 3.63) is 14.7 Å². The first-order valence-corrected chi connectivity index (χ1v) is 9.74. The molecular formula is C13H21BrN2O2S2. The molecule has 2 heterocycles. The summed E-state index contributed by atoms with van der Waals surface area (Å²) in [5.41, 5.74) is 0.0572. The van der Waals surface area contributed by atoms with Gasteiger partial charge >= 0.3 is 0 Å². The molecule has 0 saturated carbocycles. The van der Waals surface area contributed by atoms with E-state index in [1.807, 2.05) is 7.05 Å². The van der Waals surface area contributed by atoms with E-state index >= 15 is 0 Å². The molecule has 0 aliphatic carbocycles. The average Bonchev–Trinajstić information content (AvgIpc) is 2.70. The normalized spacial score (nSPS) is 20.2. The number of halogens is 1. The molecule has 0 atom stereocenters. The van der Waals surface area contributed by atoms with Gasteiger partial charge in [-0.15, -0.1) is 11.3 Å². The van der Waals surface area contributed by atoms with E-state index in [2.05, 4.69) is 35.1 Å². The molecule has 2 rings (SSSR count). The first-order valence-electron chi connectivity index (χ1n) is 6.69. The number of nitrogens with zero attached hydrogens (tertiary/aromatic N) is 1. The molecule has 0 aromatic carbocycles. The van der Waals surface area contributed by atoms with E-state index < -0.39 is 10.0 Å². The van der Waals surface area contributed by atoms with Crippen molar-refractivity contribution in [1.29, 1.82) is 0 Å². The van der Waals surface area contributed by atoms with Gasteiger partial charge in [0.25, 0.3) is 0 Å². The number of piperidine rings is 1. The van der Waals surface area contributed by atoms with E-state index in [-0.39, 0.29) is 5.41 Å². The third kappa shape index (κ3) is 3.44. The monoisotopic (exact) mass is 380 g/mol. The largest absolute Gasteiger partial charge is 0.315 e. The van der Waals surface area contributed by atoms with Gasteiger partial charge in [-0.2, -0.15) is 4.31 Å². The Morgan fingerprint density at radius 2 is 2.20 bits per heavy atom. The van der Waals surface area contributed by atoms with Crippen LogP contribution in [0.25, 0.3) is 0 Å². The molecule has 0 radical (unpaired) electrons. The van der Waals surface area contributed by atoms with Crippen LogP contribution >= 0.6 is 27.3 Å². The maximum absolute atomic E-state index is 12.8. The average molecular weight is 381 g/mol. The van der Waals surface area contributed by atoms with Gasteiger partial charge in [0.05, 0.1) is 3.79 Å². The Kier molecular flexibility index (Phi) is 4.96. The fraction of sp³-hybridized carbons (Fsp3) is 0.692. The third-order valence-corrected chi connectivity index (χ3v) is 7.64. The van der Waals surface area contributed by atoms with Gasteiger partial charge in [0, 0.05) is 24.5 Å². The SMILES string of the molecule is CNCc1cc(S(=O)(=O)N2CCCC(C)(C)C2)c(Br)s1. The summed E-state index contributed by atoms with van der Waals surface area (Å²) in [5, 5.41) is 3.05. The van der Waals surface area contributed by atoms with Crippen LogP contribution in [-0.4, -0.2) is 32.9 Å². The lowest BCUT2D eigenvalue weighted by atomic mass is 9.85. The molecule has 0 amide bonds. The van der Waals surface area contributed by atoms with E-state index in [1.54, 1.807) is 10.4 Å². The van der Waals surface area contributed by atoms with Gasteiger partial charge in [-0.05, 0) is 47.3 Å². The zero-order valence-corrected chi connectivity index (χ0v) is 15.3. The zero-order chi connectivity index (χ0) is 15.0. The van der Waals surface area contributed by atoms with Crippen LogP contribution < -0.4 is 5.32 Å². The predicted molar refractivity (Wildman–Crippen MR) is 86.6 cm³/mol. The lowest BCUT2D eigenvalue weighted by Gasteiger charge is -2.37. The van der Waals surface area contributed by atoms with E-state index in [0.29, 0.717) is 28.3 Å². The van der Waals surface area contributed by atoms with Crippen LogP contribution in [0.15, 0.2) is 14.7 Å². The number of thiophene rings is 1. The number of hydrogen-bond donors (Lipinski definition) is 1. The molecule has 20 heavy (non-hydrogen) atoms. The van der Waals surface area contributed by atoms with Crippen LogP contribution in [0.3, 0.4) is 0 Å². The number of sulfonamides is 1. The standard InChI is InChI=1S/C13H21BrN2O2S2/c1-13(2)5-4-6-16(9-13)20(17,18)11-7-10(8-15-3)19-12(11)14/h7,15H,4-6,8-9H2,1-3H3. The Morgan fingerprint density at radius 3 is 2.80 bits per heavy atom. The molecule has 1 aliphatic heterocycles. The van der Waals surface area contributed by atoms with E-state index in [0.717, 1.165) is 17.7 Å². The molecule has 1 N–H and O–H groups in total. The maximum atomic E-state index is 12.8. The molecule has 1 aliphatic rings. The highest BCUT2D eigenvalue weighted by Crippen LogP contribution is 2.37. The maximum Gasteiger partial charge on any atom is 0.245 e. The fourth-order valence-electron chi connectivity index (χ4n) is 2.55. The van der Waals surface area contributed by atoms with Crippen molar-refractivity contribution in [2.24, 2.45) is 5.41 Å². The highest BCUT2D eigenvalue weighted by molar-refractivity contribution is 9.11. The van der Waals surface area contributed by atoms with Gasteiger partial charge in [-0.1, -0.05) is 13.8 Å². The van der Waals surface area contributed by atoms with Crippen molar-refractivity contribution in [3.8, 4) is 0 Å². The predicted octanol–water partition coefficient (Wildman–Crippen LogP) is 3.04. The summed E-state index contributed by atoms with van der Waals surface area (Å²) in [4.78, 5) is 1.43. The van der Waals surface area contributed by atoms with Crippen molar-refractivity contribution in [2.45, 2.75) is 38.1 Å². The molecule has 1 aromatic heterocycles.